The molecule has 3 rings (SSSR count). The van der Waals surface area contributed by atoms with E-state index in [1.165, 1.54) is 9.13 Å². The monoisotopic (exact) mass is 367 g/mol. The van der Waals surface area contributed by atoms with Crippen molar-refractivity contribution in [2.24, 2.45) is 0 Å². The Kier molecular flexibility index (Phi) is 5.30. The predicted octanol–water partition coefficient (Wildman–Crippen LogP) is 2.60. The minimum atomic E-state index is -0.312. The summed E-state index contributed by atoms with van der Waals surface area (Å²) in [5.74, 6) is 0.961. The quantitative estimate of drug-likeness (QED) is 0.727. The van der Waals surface area contributed by atoms with Crippen LogP contribution in [0.4, 0.5) is 5.69 Å². The number of carbonyl (C=O) groups is 1. The minimum Gasteiger partial charge on any atom is -0.497 e. The first-order valence-electron chi connectivity index (χ1n) is 8.38. The van der Waals surface area contributed by atoms with Gasteiger partial charge in [-0.3, -0.25) is 13.9 Å². The molecule has 0 aliphatic carbocycles. The summed E-state index contributed by atoms with van der Waals surface area (Å²) >= 11 is 0. The van der Waals surface area contributed by atoms with Crippen LogP contribution in [0.2, 0.25) is 0 Å². The highest BCUT2D eigenvalue weighted by Crippen LogP contribution is 2.25. The molecular weight excluding hydrogens is 346 g/mol. The van der Waals surface area contributed by atoms with Crippen LogP contribution >= 0.6 is 0 Å². The summed E-state index contributed by atoms with van der Waals surface area (Å²) in [6.07, 6.45) is 3.21. The summed E-state index contributed by atoms with van der Waals surface area (Å²) in [4.78, 5) is 25.0. The summed E-state index contributed by atoms with van der Waals surface area (Å²) in [7, 11) is 3.12. The highest BCUT2D eigenvalue weighted by molar-refractivity contribution is 5.92. The lowest BCUT2D eigenvalue weighted by Gasteiger charge is -2.11. The fourth-order valence-corrected chi connectivity index (χ4v) is 2.74. The number of rotatable bonds is 6. The maximum atomic E-state index is 12.6. The second-order valence-corrected chi connectivity index (χ2v) is 6.03. The summed E-state index contributed by atoms with van der Waals surface area (Å²) in [6.45, 7) is 1.83. The molecule has 2 aromatic carbocycles. The number of aryl methyl sites for hydroxylation is 1. The third kappa shape index (κ3) is 4.03. The van der Waals surface area contributed by atoms with Crippen molar-refractivity contribution in [2.75, 3.05) is 19.5 Å². The molecule has 7 heteroatoms. The smallest absolute Gasteiger partial charge is 0.333 e. The second-order valence-electron chi connectivity index (χ2n) is 6.03. The van der Waals surface area contributed by atoms with Gasteiger partial charge in [-0.2, -0.15) is 0 Å². The Labute approximate surface area is 156 Å². The first kappa shape index (κ1) is 18.3. The van der Waals surface area contributed by atoms with Gasteiger partial charge in [-0.05, 0) is 48.9 Å². The van der Waals surface area contributed by atoms with Crippen molar-refractivity contribution in [1.82, 2.24) is 9.13 Å². The molecule has 3 aromatic rings. The summed E-state index contributed by atoms with van der Waals surface area (Å²) in [5.41, 5.74) is 1.96. The van der Waals surface area contributed by atoms with E-state index >= 15 is 0 Å². The average molecular weight is 367 g/mol. The Morgan fingerprint density at radius 1 is 1.04 bits per heavy atom. The van der Waals surface area contributed by atoms with Gasteiger partial charge in [0.2, 0.25) is 5.91 Å². The number of hydrogen-bond acceptors (Lipinski definition) is 4. The van der Waals surface area contributed by atoms with Crippen LogP contribution in [0, 0.1) is 6.92 Å². The van der Waals surface area contributed by atoms with Gasteiger partial charge in [0.05, 0.1) is 25.6 Å². The zero-order chi connectivity index (χ0) is 19.4. The third-order valence-corrected chi connectivity index (χ3v) is 4.14. The number of methoxy groups -OCH3 is 2. The lowest BCUT2D eigenvalue weighted by Crippen LogP contribution is -2.28. The largest absolute Gasteiger partial charge is 0.497 e. The van der Waals surface area contributed by atoms with Crippen molar-refractivity contribution in [3.8, 4) is 17.2 Å². The molecule has 0 unspecified atom stereocenters. The number of amides is 1. The lowest BCUT2D eigenvalue weighted by molar-refractivity contribution is -0.116. The van der Waals surface area contributed by atoms with E-state index in [2.05, 4.69) is 5.32 Å². The van der Waals surface area contributed by atoms with Crippen molar-refractivity contribution >= 4 is 11.6 Å². The molecule has 1 heterocycles. The van der Waals surface area contributed by atoms with Crippen LogP contribution in [0.5, 0.6) is 11.5 Å². The number of carbonyl (C=O) groups excluding carboxylic acids is 1. The van der Waals surface area contributed by atoms with Gasteiger partial charge in [0.1, 0.15) is 18.0 Å². The molecule has 140 valence electrons. The van der Waals surface area contributed by atoms with Crippen molar-refractivity contribution in [1.29, 1.82) is 0 Å². The number of anilines is 1. The topological polar surface area (TPSA) is 74.5 Å². The van der Waals surface area contributed by atoms with Crippen LogP contribution in [-0.2, 0) is 11.3 Å². The predicted molar refractivity (Wildman–Crippen MR) is 103 cm³/mol. The van der Waals surface area contributed by atoms with Crippen molar-refractivity contribution < 1.29 is 14.3 Å². The number of imidazole rings is 1. The van der Waals surface area contributed by atoms with Gasteiger partial charge < -0.3 is 14.8 Å². The van der Waals surface area contributed by atoms with E-state index in [1.54, 1.807) is 56.9 Å². The molecule has 0 atom stereocenters. The zero-order valence-electron chi connectivity index (χ0n) is 15.4. The number of nitrogens with one attached hydrogen (secondary N) is 1. The van der Waals surface area contributed by atoms with Gasteiger partial charge in [-0.25, -0.2) is 4.79 Å². The van der Waals surface area contributed by atoms with Crippen molar-refractivity contribution in [3.63, 3.8) is 0 Å². The number of hydrogen-bond donors (Lipinski definition) is 1. The van der Waals surface area contributed by atoms with Gasteiger partial charge in [-0.1, -0.05) is 6.07 Å². The van der Waals surface area contributed by atoms with Crippen LogP contribution in [-0.4, -0.2) is 29.3 Å². The van der Waals surface area contributed by atoms with E-state index in [4.69, 9.17) is 9.47 Å². The molecule has 0 bridgehead atoms. The number of nitrogens with zero attached hydrogens (tertiary/aromatic N) is 2. The summed E-state index contributed by atoms with van der Waals surface area (Å²) < 4.78 is 13.2. The van der Waals surface area contributed by atoms with Gasteiger partial charge in [0.25, 0.3) is 0 Å². The average Bonchev–Trinajstić information content (AvgIpc) is 3.02. The molecule has 27 heavy (non-hydrogen) atoms. The fraction of sp³-hybridized carbons (Fsp3) is 0.200. The third-order valence-electron chi connectivity index (χ3n) is 4.14. The standard InChI is InChI=1S/C20H21N3O4/c1-14-4-9-18(27-3)17(12-14)21-19(24)13-22-10-11-23(20(22)25)15-5-7-16(26-2)8-6-15/h4-12H,13H2,1-3H3,(H,21,24). The number of ether oxygens (including phenoxy) is 2. The van der Waals surface area contributed by atoms with Crippen LogP contribution in [0.25, 0.3) is 5.69 Å². The van der Waals surface area contributed by atoms with Crippen LogP contribution < -0.4 is 20.5 Å². The Balaban J connectivity index is 1.76. The van der Waals surface area contributed by atoms with E-state index in [-0.39, 0.29) is 18.1 Å². The van der Waals surface area contributed by atoms with E-state index in [0.717, 1.165) is 5.56 Å². The van der Waals surface area contributed by atoms with Gasteiger partial charge >= 0.3 is 5.69 Å². The van der Waals surface area contributed by atoms with Crippen molar-refractivity contribution in [2.45, 2.75) is 13.5 Å². The summed E-state index contributed by atoms with van der Waals surface area (Å²) in [5, 5.41) is 2.79. The molecule has 1 amide bonds. The molecule has 7 nitrogen and oxygen atoms in total. The number of benzene rings is 2. The first-order chi connectivity index (χ1) is 13.0. The molecule has 0 aliphatic heterocycles. The SMILES string of the molecule is COc1ccc(-n2ccn(CC(=O)Nc3cc(C)ccc3OC)c2=O)cc1. The molecular formula is C20H21N3O4. The van der Waals surface area contributed by atoms with Crippen LogP contribution in [0.1, 0.15) is 5.56 Å². The van der Waals surface area contributed by atoms with Crippen LogP contribution in [0.15, 0.2) is 59.7 Å². The highest BCUT2D eigenvalue weighted by atomic mass is 16.5. The fourth-order valence-electron chi connectivity index (χ4n) is 2.74. The molecule has 1 aromatic heterocycles. The second kappa shape index (κ2) is 7.82. The maximum Gasteiger partial charge on any atom is 0.333 e. The Bertz CT molecular complexity index is 1000. The number of aromatic nitrogens is 2. The van der Waals surface area contributed by atoms with E-state index in [9.17, 15) is 9.59 Å². The molecule has 0 spiro atoms. The Morgan fingerprint density at radius 2 is 1.78 bits per heavy atom. The van der Waals surface area contributed by atoms with Gasteiger partial charge in [-0.15, -0.1) is 0 Å². The maximum absolute atomic E-state index is 12.6. The van der Waals surface area contributed by atoms with Crippen LogP contribution in [0.3, 0.4) is 0 Å². The van der Waals surface area contributed by atoms with Gasteiger partial charge in [0, 0.05) is 12.4 Å². The minimum absolute atomic E-state index is 0.0981. The van der Waals surface area contributed by atoms with Gasteiger partial charge in [0.15, 0.2) is 0 Å². The van der Waals surface area contributed by atoms with Crippen molar-refractivity contribution in [3.05, 3.63) is 70.9 Å². The molecule has 0 aliphatic rings. The van der Waals surface area contributed by atoms with E-state index in [0.29, 0.717) is 22.9 Å². The molecule has 1 N–H and O–H groups in total. The molecule has 0 fully saturated rings. The normalized spacial score (nSPS) is 10.5. The lowest BCUT2D eigenvalue weighted by atomic mass is 10.2. The molecule has 0 radical (unpaired) electrons. The summed E-state index contributed by atoms with van der Waals surface area (Å²) in [6, 6.07) is 12.6. The zero-order valence-corrected chi connectivity index (χ0v) is 15.4. The molecule has 0 saturated heterocycles. The van der Waals surface area contributed by atoms with E-state index < -0.39 is 0 Å². The Morgan fingerprint density at radius 3 is 2.44 bits per heavy atom. The first-order valence-corrected chi connectivity index (χ1v) is 8.38. The highest BCUT2D eigenvalue weighted by Gasteiger charge is 2.12. The molecule has 0 saturated carbocycles. The Hall–Kier alpha value is -3.48. The van der Waals surface area contributed by atoms with E-state index in [1.807, 2.05) is 19.1 Å².